The van der Waals surface area contributed by atoms with Crippen LogP contribution in [0.15, 0.2) is 16.7 Å². The molecule has 0 N–H and O–H groups in total. The second-order valence-corrected chi connectivity index (χ2v) is 8.14. The third-order valence-corrected chi connectivity index (χ3v) is 5.95. The lowest BCUT2D eigenvalue weighted by molar-refractivity contribution is 0.519. The van der Waals surface area contributed by atoms with Crippen molar-refractivity contribution in [3.63, 3.8) is 0 Å². The summed E-state index contributed by atoms with van der Waals surface area (Å²) in [7, 11) is 0. The smallest absolute Gasteiger partial charge is 0.160 e. The molecule has 1 saturated carbocycles. The maximum atomic E-state index is 5.98. The number of rotatable bonds is 5. The van der Waals surface area contributed by atoms with Gasteiger partial charge >= 0.3 is 0 Å². The number of hydrogen-bond donors (Lipinski definition) is 0. The summed E-state index contributed by atoms with van der Waals surface area (Å²) < 4.78 is 3.34. The first-order chi connectivity index (χ1) is 10.2. The molecule has 0 radical (unpaired) electrons. The fourth-order valence-electron chi connectivity index (χ4n) is 3.22. The predicted octanol–water partition coefficient (Wildman–Crippen LogP) is 4.82. The molecule has 2 heterocycles. The standard InChI is InChI=1S/C15H19BrClN3S/c1-2-21-13-5-3-4-12(13)20-14(6-7-17)19-11-8-10(16)9-18-15(11)20/h8-9,12-13H,2-7H2,1H3. The minimum absolute atomic E-state index is 0.506. The zero-order chi connectivity index (χ0) is 14.8. The van der Waals surface area contributed by atoms with Gasteiger partial charge in [-0.1, -0.05) is 13.3 Å². The lowest BCUT2D eigenvalue weighted by atomic mass is 10.2. The van der Waals surface area contributed by atoms with E-state index in [1.165, 1.54) is 19.3 Å². The molecule has 0 spiro atoms. The average Bonchev–Trinajstić information content (AvgIpc) is 3.03. The molecule has 1 aliphatic rings. The van der Waals surface area contributed by atoms with Crippen molar-refractivity contribution >= 4 is 50.5 Å². The number of alkyl halides is 1. The van der Waals surface area contributed by atoms with Gasteiger partial charge in [-0.3, -0.25) is 0 Å². The molecular formula is C15H19BrClN3S. The van der Waals surface area contributed by atoms with Crippen LogP contribution in [0.1, 0.15) is 38.1 Å². The number of imidazole rings is 1. The number of thioether (sulfide) groups is 1. The number of nitrogens with zero attached hydrogens (tertiary/aromatic N) is 3. The molecule has 0 amide bonds. The molecule has 6 heteroatoms. The Hall–Kier alpha value is -0.260. The molecule has 0 aliphatic heterocycles. The first kappa shape index (κ1) is 15.6. The lowest BCUT2D eigenvalue weighted by Crippen LogP contribution is -2.19. The summed E-state index contributed by atoms with van der Waals surface area (Å²) in [5, 5.41) is 0.673. The lowest BCUT2D eigenvalue weighted by Gasteiger charge is -2.22. The minimum Gasteiger partial charge on any atom is -0.308 e. The molecule has 3 rings (SSSR count). The van der Waals surface area contributed by atoms with Crippen LogP contribution in [-0.2, 0) is 6.42 Å². The van der Waals surface area contributed by atoms with E-state index in [1.54, 1.807) is 0 Å². The summed E-state index contributed by atoms with van der Waals surface area (Å²) in [6, 6.07) is 2.56. The molecule has 2 aromatic heterocycles. The predicted molar refractivity (Wildman–Crippen MR) is 94.5 cm³/mol. The molecule has 114 valence electrons. The highest BCUT2D eigenvalue weighted by molar-refractivity contribution is 9.10. The highest BCUT2D eigenvalue weighted by Gasteiger charge is 2.31. The monoisotopic (exact) mass is 387 g/mol. The van der Waals surface area contributed by atoms with Gasteiger partial charge in [-0.25, -0.2) is 9.97 Å². The highest BCUT2D eigenvalue weighted by Crippen LogP contribution is 2.40. The van der Waals surface area contributed by atoms with Crippen LogP contribution in [0.3, 0.4) is 0 Å². The van der Waals surface area contributed by atoms with Crippen molar-refractivity contribution < 1.29 is 0 Å². The molecule has 0 saturated heterocycles. The molecule has 2 unspecified atom stereocenters. The molecule has 2 atom stereocenters. The van der Waals surface area contributed by atoms with Gasteiger partial charge in [-0.2, -0.15) is 11.8 Å². The van der Waals surface area contributed by atoms with Crippen LogP contribution in [-0.4, -0.2) is 31.4 Å². The first-order valence-electron chi connectivity index (χ1n) is 7.44. The van der Waals surface area contributed by atoms with Crippen LogP contribution >= 0.6 is 39.3 Å². The molecule has 0 bridgehead atoms. The topological polar surface area (TPSA) is 30.7 Å². The van der Waals surface area contributed by atoms with Crippen molar-refractivity contribution in [3.05, 3.63) is 22.6 Å². The Bertz CT molecular complexity index is 631. The van der Waals surface area contributed by atoms with Gasteiger partial charge in [0.25, 0.3) is 0 Å². The fraction of sp³-hybridized carbons (Fsp3) is 0.600. The van der Waals surface area contributed by atoms with E-state index in [1.807, 2.05) is 12.3 Å². The summed E-state index contributed by atoms with van der Waals surface area (Å²) in [5.74, 6) is 2.85. The SMILES string of the molecule is CCSC1CCCC1n1c(CCCl)nc2cc(Br)cnc21. The molecule has 1 fully saturated rings. The Balaban J connectivity index is 2.08. The Morgan fingerprint density at radius 2 is 2.33 bits per heavy atom. The van der Waals surface area contributed by atoms with Gasteiger partial charge in [-0.15, -0.1) is 11.6 Å². The second kappa shape index (κ2) is 6.88. The maximum absolute atomic E-state index is 5.98. The van der Waals surface area contributed by atoms with Crippen LogP contribution in [0.5, 0.6) is 0 Å². The van der Waals surface area contributed by atoms with Gasteiger partial charge < -0.3 is 4.57 Å². The third kappa shape index (κ3) is 3.10. The summed E-state index contributed by atoms with van der Waals surface area (Å²) >= 11 is 11.5. The quantitative estimate of drug-likeness (QED) is 0.688. The Morgan fingerprint density at radius 3 is 3.10 bits per heavy atom. The van der Waals surface area contributed by atoms with Crippen LogP contribution in [0.2, 0.25) is 0 Å². The summed E-state index contributed by atoms with van der Waals surface area (Å²) in [4.78, 5) is 9.40. The number of pyridine rings is 1. The zero-order valence-corrected chi connectivity index (χ0v) is 15.2. The van der Waals surface area contributed by atoms with Crippen molar-refractivity contribution in [2.75, 3.05) is 11.6 Å². The van der Waals surface area contributed by atoms with Gasteiger partial charge in [0.05, 0.1) is 0 Å². The maximum Gasteiger partial charge on any atom is 0.160 e. The van der Waals surface area contributed by atoms with Crippen molar-refractivity contribution in [1.29, 1.82) is 0 Å². The number of fused-ring (bicyclic) bond motifs is 1. The van der Waals surface area contributed by atoms with Crippen molar-refractivity contribution in [2.45, 2.75) is 43.9 Å². The zero-order valence-electron chi connectivity index (χ0n) is 12.1. The van der Waals surface area contributed by atoms with Gasteiger partial charge in [-0.05, 0) is 40.6 Å². The molecule has 0 aromatic carbocycles. The van der Waals surface area contributed by atoms with Gasteiger partial charge in [0, 0.05) is 34.3 Å². The van der Waals surface area contributed by atoms with E-state index in [9.17, 15) is 0 Å². The average molecular weight is 389 g/mol. The minimum atomic E-state index is 0.506. The van der Waals surface area contributed by atoms with Crippen molar-refractivity contribution in [2.24, 2.45) is 0 Å². The summed E-state index contributed by atoms with van der Waals surface area (Å²) in [6.07, 6.45) is 6.46. The number of aryl methyl sites for hydroxylation is 1. The van der Waals surface area contributed by atoms with Crippen LogP contribution < -0.4 is 0 Å². The van der Waals surface area contributed by atoms with Crippen LogP contribution in [0.4, 0.5) is 0 Å². The van der Waals surface area contributed by atoms with E-state index in [4.69, 9.17) is 16.6 Å². The first-order valence-corrected chi connectivity index (χ1v) is 9.82. The molecule has 3 nitrogen and oxygen atoms in total. The van der Waals surface area contributed by atoms with Gasteiger partial charge in [0.1, 0.15) is 11.3 Å². The van der Waals surface area contributed by atoms with Gasteiger partial charge in [0.15, 0.2) is 5.65 Å². The largest absolute Gasteiger partial charge is 0.308 e. The Labute approximate surface area is 143 Å². The summed E-state index contributed by atoms with van der Waals surface area (Å²) in [5.41, 5.74) is 1.98. The van der Waals surface area contributed by atoms with E-state index >= 15 is 0 Å². The molecule has 21 heavy (non-hydrogen) atoms. The van der Waals surface area contributed by atoms with E-state index in [-0.39, 0.29) is 0 Å². The molecule has 1 aliphatic carbocycles. The van der Waals surface area contributed by atoms with Crippen molar-refractivity contribution in [1.82, 2.24) is 14.5 Å². The van der Waals surface area contributed by atoms with Gasteiger partial charge in [0.2, 0.25) is 0 Å². The Kier molecular flexibility index (Phi) is 5.12. The Morgan fingerprint density at radius 1 is 1.48 bits per heavy atom. The normalized spacial score (nSPS) is 22.2. The molecular weight excluding hydrogens is 370 g/mol. The van der Waals surface area contributed by atoms with Crippen LogP contribution in [0.25, 0.3) is 11.2 Å². The highest BCUT2D eigenvalue weighted by atomic mass is 79.9. The van der Waals surface area contributed by atoms with Crippen molar-refractivity contribution in [3.8, 4) is 0 Å². The van der Waals surface area contributed by atoms with E-state index < -0.39 is 0 Å². The summed E-state index contributed by atoms with van der Waals surface area (Å²) in [6.45, 7) is 2.24. The van der Waals surface area contributed by atoms with Crippen LogP contribution in [0, 0.1) is 0 Å². The number of hydrogen-bond acceptors (Lipinski definition) is 3. The molecule has 2 aromatic rings. The van der Waals surface area contributed by atoms with E-state index in [0.29, 0.717) is 17.2 Å². The third-order valence-electron chi connectivity index (χ3n) is 4.02. The number of aromatic nitrogens is 3. The van der Waals surface area contributed by atoms with E-state index in [0.717, 1.165) is 33.6 Å². The fourth-order valence-corrected chi connectivity index (χ4v) is 4.95. The second-order valence-electron chi connectivity index (χ2n) is 5.33. The number of halogens is 2. The van der Waals surface area contributed by atoms with E-state index in [2.05, 4.69) is 44.2 Å².